The zero-order valence-corrected chi connectivity index (χ0v) is 9.73. The summed E-state index contributed by atoms with van der Waals surface area (Å²) in [4.78, 5) is 21.7. The van der Waals surface area contributed by atoms with Crippen molar-refractivity contribution in [3.05, 3.63) is 40.3 Å². The van der Waals surface area contributed by atoms with Crippen LogP contribution in [0.4, 0.5) is 0 Å². The minimum absolute atomic E-state index is 0.0784. The fourth-order valence-corrected chi connectivity index (χ4v) is 1.64. The van der Waals surface area contributed by atoms with Crippen LogP contribution in [0.1, 0.15) is 12.5 Å². The molecule has 0 aliphatic heterocycles. The van der Waals surface area contributed by atoms with E-state index in [2.05, 4.69) is 21.9 Å². The van der Waals surface area contributed by atoms with Crippen LogP contribution in [0.3, 0.4) is 0 Å². The molecule has 0 atom stereocenters. The van der Waals surface area contributed by atoms with Gasteiger partial charge in [0, 0.05) is 5.56 Å². The van der Waals surface area contributed by atoms with Crippen molar-refractivity contribution in [2.45, 2.75) is 13.3 Å². The van der Waals surface area contributed by atoms with Gasteiger partial charge in [-0.25, -0.2) is 4.79 Å². The number of ether oxygens (including phenoxy) is 1. The van der Waals surface area contributed by atoms with Gasteiger partial charge in [-0.1, -0.05) is 31.2 Å². The molecule has 0 saturated heterocycles. The third kappa shape index (κ3) is 2.33. The SMILES string of the molecule is CCc1ccccc1-c1nc(OC)nc(=O)[nH]1. The summed E-state index contributed by atoms with van der Waals surface area (Å²) in [6.07, 6.45) is 0.866. The molecule has 0 aliphatic carbocycles. The number of hydrogen-bond donors (Lipinski definition) is 1. The van der Waals surface area contributed by atoms with E-state index in [0.29, 0.717) is 5.82 Å². The molecule has 0 fully saturated rings. The quantitative estimate of drug-likeness (QED) is 0.867. The zero-order chi connectivity index (χ0) is 12.3. The maximum atomic E-state index is 11.4. The highest BCUT2D eigenvalue weighted by Crippen LogP contribution is 2.20. The van der Waals surface area contributed by atoms with Gasteiger partial charge in [0.05, 0.1) is 7.11 Å². The van der Waals surface area contributed by atoms with E-state index in [1.807, 2.05) is 24.3 Å². The summed E-state index contributed by atoms with van der Waals surface area (Å²) < 4.78 is 4.89. The number of hydrogen-bond acceptors (Lipinski definition) is 4. The summed E-state index contributed by atoms with van der Waals surface area (Å²) in [5.74, 6) is 0.485. The van der Waals surface area contributed by atoms with Crippen LogP contribution in [0.25, 0.3) is 11.4 Å². The van der Waals surface area contributed by atoms with Crippen LogP contribution in [0, 0.1) is 0 Å². The lowest BCUT2D eigenvalue weighted by Gasteiger charge is -2.06. The normalized spacial score (nSPS) is 10.2. The Kier molecular flexibility index (Phi) is 3.18. The molecule has 0 unspecified atom stereocenters. The van der Waals surface area contributed by atoms with Crippen LogP contribution >= 0.6 is 0 Å². The number of H-pyrrole nitrogens is 1. The van der Waals surface area contributed by atoms with Gasteiger partial charge in [-0.05, 0) is 12.0 Å². The minimum Gasteiger partial charge on any atom is -0.467 e. The lowest BCUT2D eigenvalue weighted by Crippen LogP contribution is -2.14. The first-order valence-electron chi connectivity index (χ1n) is 5.35. The topological polar surface area (TPSA) is 67.9 Å². The molecule has 2 aromatic rings. The maximum Gasteiger partial charge on any atom is 0.351 e. The van der Waals surface area contributed by atoms with E-state index in [-0.39, 0.29) is 6.01 Å². The molecule has 1 N–H and O–H groups in total. The Morgan fingerprint density at radius 1 is 1.29 bits per heavy atom. The van der Waals surface area contributed by atoms with Gasteiger partial charge >= 0.3 is 11.7 Å². The Bertz CT molecular complexity index is 578. The Morgan fingerprint density at radius 3 is 2.76 bits per heavy atom. The summed E-state index contributed by atoms with van der Waals surface area (Å²) in [7, 11) is 1.43. The monoisotopic (exact) mass is 231 g/mol. The van der Waals surface area contributed by atoms with E-state index in [1.54, 1.807) is 0 Å². The Morgan fingerprint density at radius 2 is 2.06 bits per heavy atom. The lowest BCUT2D eigenvalue weighted by molar-refractivity contribution is 0.377. The van der Waals surface area contributed by atoms with Crippen molar-refractivity contribution in [2.75, 3.05) is 7.11 Å². The first-order chi connectivity index (χ1) is 8.24. The number of rotatable bonds is 3. The Labute approximate surface area is 98.5 Å². The molecule has 5 nitrogen and oxygen atoms in total. The first-order valence-corrected chi connectivity index (χ1v) is 5.35. The van der Waals surface area contributed by atoms with E-state index in [9.17, 15) is 4.79 Å². The average molecular weight is 231 g/mol. The van der Waals surface area contributed by atoms with Gasteiger partial charge in [0.2, 0.25) is 0 Å². The molecule has 0 radical (unpaired) electrons. The molecule has 0 aliphatic rings. The summed E-state index contributed by atoms with van der Waals surface area (Å²) >= 11 is 0. The smallest absolute Gasteiger partial charge is 0.351 e. The maximum absolute atomic E-state index is 11.4. The number of nitrogens with zero attached hydrogens (tertiary/aromatic N) is 2. The van der Waals surface area contributed by atoms with Crippen LogP contribution in [0.15, 0.2) is 29.1 Å². The molecule has 1 heterocycles. The van der Waals surface area contributed by atoms with Gasteiger partial charge in [-0.2, -0.15) is 4.98 Å². The van der Waals surface area contributed by atoms with Crippen molar-refractivity contribution in [2.24, 2.45) is 0 Å². The summed E-state index contributed by atoms with van der Waals surface area (Å²) in [5, 5.41) is 0. The molecule has 0 bridgehead atoms. The van der Waals surface area contributed by atoms with Gasteiger partial charge in [0.25, 0.3) is 0 Å². The molecule has 88 valence electrons. The fraction of sp³-hybridized carbons (Fsp3) is 0.250. The number of benzene rings is 1. The van der Waals surface area contributed by atoms with Crippen molar-refractivity contribution in [3.63, 3.8) is 0 Å². The second-order valence-corrected chi connectivity index (χ2v) is 3.50. The third-order valence-electron chi connectivity index (χ3n) is 2.47. The summed E-state index contributed by atoms with van der Waals surface area (Å²) in [6, 6.07) is 7.86. The molecular weight excluding hydrogens is 218 g/mol. The van der Waals surface area contributed by atoms with Crippen molar-refractivity contribution >= 4 is 0 Å². The Balaban J connectivity index is 2.59. The van der Waals surface area contributed by atoms with Gasteiger partial charge in [-0.3, -0.25) is 4.98 Å². The zero-order valence-electron chi connectivity index (χ0n) is 9.73. The van der Waals surface area contributed by atoms with Crippen LogP contribution in [0.2, 0.25) is 0 Å². The van der Waals surface area contributed by atoms with E-state index in [0.717, 1.165) is 17.5 Å². The number of aromatic nitrogens is 3. The van der Waals surface area contributed by atoms with Crippen LogP contribution < -0.4 is 10.4 Å². The Hall–Kier alpha value is -2.17. The summed E-state index contributed by atoms with van der Waals surface area (Å²) in [6.45, 7) is 2.05. The minimum atomic E-state index is -0.460. The second kappa shape index (κ2) is 4.78. The molecule has 1 aromatic carbocycles. The van der Waals surface area contributed by atoms with Crippen molar-refractivity contribution in [1.82, 2.24) is 15.0 Å². The van der Waals surface area contributed by atoms with E-state index < -0.39 is 5.69 Å². The fourth-order valence-electron chi connectivity index (χ4n) is 1.64. The highest BCUT2D eigenvalue weighted by Gasteiger charge is 2.08. The van der Waals surface area contributed by atoms with Gasteiger partial charge in [0.1, 0.15) is 5.82 Å². The molecule has 0 spiro atoms. The number of methoxy groups -OCH3 is 1. The standard InChI is InChI=1S/C12H13N3O2/c1-3-8-6-4-5-7-9(8)10-13-11(16)15-12(14-10)17-2/h4-7H,3H2,1-2H3,(H,13,14,15,16). The molecular formula is C12H13N3O2. The highest BCUT2D eigenvalue weighted by molar-refractivity contribution is 5.59. The van der Waals surface area contributed by atoms with Gasteiger partial charge in [-0.15, -0.1) is 4.98 Å². The predicted molar refractivity (Wildman–Crippen MR) is 64.0 cm³/mol. The molecule has 5 heteroatoms. The number of aromatic amines is 1. The van der Waals surface area contributed by atoms with Crippen LogP contribution in [0.5, 0.6) is 6.01 Å². The van der Waals surface area contributed by atoms with Crippen LogP contribution in [-0.4, -0.2) is 22.1 Å². The predicted octanol–water partition coefficient (Wildman–Crippen LogP) is 1.40. The molecule has 2 rings (SSSR count). The third-order valence-corrected chi connectivity index (χ3v) is 2.47. The first kappa shape index (κ1) is 11.3. The number of aryl methyl sites for hydroxylation is 1. The van der Waals surface area contributed by atoms with E-state index in [1.165, 1.54) is 7.11 Å². The number of nitrogens with one attached hydrogen (secondary N) is 1. The highest BCUT2D eigenvalue weighted by atomic mass is 16.5. The van der Waals surface area contributed by atoms with E-state index >= 15 is 0 Å². The molecule has 0 saturated carbocycles. The average Bonchev–Trinajstić information content (AvgIpc) is 2.37. The van der Waals surface area contributed by atoms with Crippen molar-refractivity contribution in [3.8, 4) is 17.4 Å². The van der Waals surface area contributed by atoms with Crippen molar-refractivity contribution in [1.29, 1.82) is 0 Å². The van der Waals surface area contributed by atoms with Crippen LogP contribution in [-0.2, 0) is 6.42 Å². The van der Waals surface area contributed by atoms with Crippen molar-refractivity contribution < 1.29 is 4.74 Å². The summed E-state index contributed by atoms with van der Waals surface area (Å²) in [5.41, 5.74) is 1.55. The molecule has 17 heavy (non-hydrogen) atoms. The van der Waals surface area contributed by atoms with Gasteiger partial charge < -0.3 is 4.74 Å². The molecule has 1 aromatic heterocycles. The van der Waals surface area contributed by atoms with Gasteiger partial charge in [0.15, 0.2) is 0 Å². The second-order valence-electron chi connectivity index (χ2n) is 3.50. The largest absolute Gasteiger partial charge is 0.467 e. The molecule has 0 amide bonds. The van der Waals surface area contributed by atoms with E-state index in [4.69, 9.17) is 4.74 Å². The lowest BCUT2D eigenvalue weighted by atomic mass is 10.1.